The molecule has 0 fully saturated rings. The SMILES string of the molecule is CC(OC(=O)CCCNC(=O)c1ccc(Cl)cc1)C(=O)N(C)Cc1cccc(F)c1. The van der Waals surface area contributed by atoms with Gasteiger partial charge in [-0.25, -0.2) is 4.39 Å². The van der Waals surface area contributed by atoms with Crippen molar-refractivity contribution in [2.45, 2.75) is 32.4 Å². The molecule has 0 saturated heterocycles. The van der Waals surface area contributed by atoms with Gasteiger partial charge in [0.25, 0.3) is 11.8 Å². The minimum absolute atomic E-state index is 0.0616. The molecule has 8 heteroatoms. The number of amides is 2. The molecule has 0 aliphatic carbocycles. The summed E-state index contributed by atoms with van der Waals surface area (Å²) in [5, 5.41) is 3.25. The van der Waals surface area contributed by atoms with Crippen molar-refractivity contribution in [3.8, 4) is 0 Å². The second-order valence-electron chi connectivity index (χ2n) is 6.82. The van der Waals surface area contributed by atoms with Crippen molar-refractivity contribution in [2.24, 2.45) is 0 Å². The Morgan fingerprint density at radius 3 is 2.53 bits per heavy atom. The van der Waals surface area contributed by atoms with Crippen LogP contribution >= 0.6 is 11.6 Å². The highest BCUT2D eigenvalue weighted by molar-refractivity contribution is 6.30. The van der Waals surface area contributed by atoms with Crippen molar-refractivity contribution in [1.82, 2.24) is 10.2 Å². The van der Waals surface area contributed by atoms with Gasteiger partial charge in [-0.15, -0.1) is 0 Å². The third-order valence-electron chi connectivity index (χ3n) is 4.29. The second kappa shape index (κ2) is 11.3. The molecular weight excluding hydrogens is 411 g/mol. The molecule has 0 aliphatic heterocycles. The number of carbonyl (C=O) groups is 3. The van der Waals surface area contributed by atoms with Crippen LogP contribution in [-0.4, -0.2) is 42.4 Å². The first-order valence-electron chi connectivity index (χ1n) is 9.49. The quantitative estimate of drug-likeness (QED) is 0.483. The molecule has 0 heterocycles. The molecule has 0 aromatic heterocycles. The van der Waals surface area contributed by atoms with E-state index >= 15 is 0 Å². The second-order valence-corrected chi connectivity index (χ2v) is 7.26. The van der Waals surface area contributed by atoms with Gasteiger partial charge in [-0.05, 0) is 55.3 Å². The van der Waals surface area contributed by atoms with Gasteiger partial charge in [-0.3, -0.25) is 14.4 Å². The minimum Gasteiger partial charge on any atom is -0.453 e. The first-order valence-corrected chi connectivity index (χ1v) is 9.86. The van der Waals surface area contributed by atoms with Crippen LogP contribution in [0.25, 0.3) is 0 Å². The van der Waals surface area contributed by atoms with E-state index in [0.29, 0.717) is 29.1 Å². The smallest absolute Gasteiger partial charge is 0.306 e. The normalized spacial score (nSPS) is 11.5. The van der Waals surface area contributed by atoms with E-state index in [9.17, 15) is 18.8 Å². The zero-order valence-corrected chi connectivity index (χ0v) is 17.6. The molecule has 160 valence electrons. The Morgan fingerprint density at radius 1 is 1.17 bits per heavy atom. The number of likely N-dealkylation sites (N-methyl/N-ethyl adjacent to an activating group) is 1. The molecule has 30 heavy (non-hydrogen) atoms. The molecule has 2 amide bonds. The van der Waals surface area contributed by atoms with Crippen LogP contribution < -0.4 is 5.32 Å². The van der Waals surface area contributed by atoms with Crippen LogP contribution in [0.2, 0.25) is 5.02 Å². The van der Waals surface area contributed by atoms with Crippen LogP contribution in [0, 0.1) is 5.82 Å². The molecule has 1 atom stereocenters. The maximum atomic E-state index is 13.3. The van der Waals surface area contributed by atoms with Gasteiger partial charge in [0.1, 0.15) is 5.82 Å². The molecule has 6 nitrogen and oxygen atoms in total. The Balaban J connectivity index is 1.69. The van der Waals surface area contributed by atoms with E-state index in [4.69, 9.17) is 16.3 Å². The van der Waals surface area contributed by atoms with Gasteiger partial charge < -0.3 is 15.0 Å². The fraction of sp³-hybridized carbons (Fsp3) is 0.318. The highest BCUT2D eigenvalue weighted by Gasteiger charge is 2.21. The van der Waals surface area contributed by atoms with Crippen molar-refractivity contribution < 1.29 is 23.5 Å². The van der Waals surface area contributed by atoms with Crippen LogP contribution in [0.4, 0.5) is 4.39 Å². The Labute approximate surface area is 180 Å². The number of rotatable bonds is 9. The van der Waals surface area contributed by atoms with E-state index in [1.54, 1.807) is 43.4 Å². The molecule has 0 saturated carbocycles. The van der Waals surface area contributed by atoms with Crippen molar-refractivity contribution in [1.29, 1.82) is 0 Å². The molecule has 0 bridgehead atoms. The van der Waals surface area contributed by atoms with E-state index in [1.807, 2.05) is 0 Å². The number of carbonyl (C=O) groups excluding carboxylic acids is 3. The number of hydrogen-bond donors (Lipinski definition) is 1. The van der Waals surface area contributed by atoms with Gasteiger partial charge in [0, 0.05) is 37.1 Å². The van der Waals surface area contributed by atoms with Gasteiger partial charge in [0.15, 0.2) is 6.10 Å². The lowest BCUT2D eigenvalue weighted by Gasteiger charge is -2.21. The largest absolute Gasteiger partial charge is 0.453 e. The summed E-state index contributed by atoms with van der Waals surface area (Å²) in [6.07, 6.45) is -0.524. The van der Waals surface area contributed by atoms with Gasteiger partial charge in [0.2, 0.25) is 0 Å². The lowest BCUT2D eigenvalue weighted by atomic mass is 10.2. The topological polar surface area (TPSA) is 75.7 Å². The summed E-state index contributed by atoms with van der Waals surface area (Å²) in [6, 6.07) is 12.4. The average molecular weight is 435 g/mol. The summed E-state index contributed by atoms with van der Waals surface area (Å²) in [4.78, 5) is 37.7. The van der Waals surface area contributed by atoms with Gasteiger partial charge >= 0.3 is 5.97 Å². The van der Waals surface area contributed by atoms with E-state index < -0.39 is 12.1 Å². The summed E-state index contributed by atoms with van der Waals surface area (Å²) < 4.78 is 18.4. The van der Waals surface area contributed by atoms with E-state index in [2.05, 4.69) is 5.32 Å². The molecule has 0 spiro atoms. The van der Waals surface area contributed by atoms with Crippen molar-refractivity contribution in [3.63, 3.8) is 0 Å². The summed E-state index contributed by atoms with van der Waals surface area (Å²) >= 11 is 5.78. The first-order chi connectivity index (χ1) is 14.3. The van der Waals surface area contributed by atoms with Crippen LogP contribution in [0.1, 0.15) is 35.7 Å². The van der Waals surface area contributed by atoms with E-state index in [0.717, 1.165) is 0 Å². The Kier molecular flexibility index (Phi) is 8.80. The molecule has 2 rings (SSSR count). The Bertz CT molecular complexity index is 889. The molecular formula is C22H24ClFN2O4. The molecule has 1 unspecified atom stereocenters. The maximum Gasteiger partial charge on any atom is 0.306 e. The Hall–Kier alpha value is -2.93. The number of esters is 1. The predicted molar refractivity (Wildman–Crippen MR) is 111 cm³/mol. The number of hydrogen-bond acceptors (Lipinski definition) is 4. The minimum atomic E-state index is -0.959. The molecule has 0 aliphatic rings. The average Bonchev–Trinajstić information content (AvgIpc) is 2.71. The van der Waals surface area contributed by atoms with Crippen molar-refractivity contribution in [2.75, 3.05) is 13.6 Å². The van der Waals surface area contributed by atoms with Crippen LogP contribution in [0.15, 0.2) is 48.5 Å². The number of benzene rings is 2. The molecule has 1 N–H and O–H groups in total. The third kappa shape index (κ3) is 7.48. The summed E-state index contributed by atoms with van der Waals surface area (Å²) in [6.45, 7) is 1.98. The van der Waals surface area contributed by atoms with Gasteiger partial charge in [-0.2, -0.15) is 0 Å². The monoisotopic (exact) mass is 434 g/mol. The fourth-order valence-corrected chi connectivity index (χ4v) is 2.87. The fourth-order valence-electron chi connectivity index (χ4n) is 2.74. The van der Waals surface area contributed by atoms with Crippen LogP contribution in [0.3, 0.4) is 0 Å². The Morgan fingerprint density at radius 2 is 1.87 bits per heavy atom. The van der Waals surface area contributed by atoms with Crippen molar-refractivity contribution in [3.05, 3.63) is 70.5 Å². The lowest BCUT2D eigenvalue weighted by molar-refractivity contribution is -0.158. The zero-order valence-electron chi connectivity index (χ0n) is 16.9. The van der Waals surface area contributed by atoms with Crippen LogP contribution in [-0.2, 0) is 20.9 Å². The van der Waals surface area contributed by atoms with Gasteiger partial charge in [0.05, 0.1) is 0 Å². The highest BCUT2D eigenvalue weighted by atomic mass is 35.5. The maximum absolute atomic E-state index is 13.3. The first kappa shape index (κ1) is 23.3. The number of ether oxygens (including phenoxy) is 1. The van der Waals surface area contributed by atoms with Crippen LogP contribution in [0.5, 0.6) is 0 Å². The standard InChI is InChI=1S/C22H24ClFN2O4/c1-15(22(29)26(2)14-16-5-3-6-19(24)13-16)30-20(27)7-4-12-25-21(28)17-8-10-18(23)11-9-17/h3,5-6,8-11,13,15H,4,7,12,14H2,1-2H3,(H,25,28). The molecule has 2 aromatic carbocycles. The van der Waals surface area contributed by atoms with E-state index in [-0.39, 0.29) is 30.6 Å². The lowest BCUT2D eigenvalue weighted by Crippen LogP contribution is -2.37. The zero-order chi connectivity index (χ0) is 22.1. The predicted octanol–water partition coefficient (Wildman–Crippen LogP) is 3.58. The van der Waals surface area contributed by atoms with E-state index in [1.165, 1.54) is 24.0 Å². The third-order valence-corrected chi connectivity index (χ3v) is 4.54. The van der Waals surface area contributed by atoms with Gasteiger partial charge in [-0.1, -0.05) is 23.7 Å². The molecule has 2 aromatic rings. The molecule has 0 radical (unpaired) electrons. The van der Waals surface area contributed by atoms with Crippen molar-refractivity contribution >= 4 is 29.4 Å². The summed E-state index contributed by atoms with van der Waals surface area (Å²) in [7, 11) is 1.56. The summed E-state index contributed by atoms with van der Waals surface area (Å²) in [5.41, 5.74) is 1.11. The number of halogens is 2. The number of nitrogens with one attached hydrogen (secondary N) is 1. The summed E-state index contributed by atoms with van der Waals surface area (Å²) in [5.74, 6) is -1.56. The number of nitrogens with zero attached hydrogens (tertiary/aromatic N) is 1. The highest BCUT2D eigenvalue weighted by Crippen LogP contribution is 2.10.